The zero-order valence-electron chi connectivity index (χ0n) is 64.5. The number of aliphatic hydroxyl groups is 2. The maximum absolute atomic E-state index is 12.2. The number of carbonyl (C=O) groups excluding carboxylic acids is 7. The number of hydrogen-bond acceptors (Lipinski definition) is 16. The van der Waals surface area contributed by atoms with Gasteiger partial charge < -0.3 is 87.0 Å². The molecule has 0 saturated carbocycles. The van der Waals surface area contributed by atoms with Crippen molar-refractivity contribution in [1.82, 2.24) is 65.2 Å². The smallest absolute Gasteiger partial charge is 0.410 e. The van der Waals surface area contributed by atoms with Crippen LogP contribution in [-0.4, -0.2) is 202 Å². The lowest BCUT2D eigenvalue weighted by molar-refractivity contribution is 0.0523. The van der Waals surface area contributed by atoms with Crippen molar-refractivity contribution in [2.45, 2.75) is 101 Å². The van der Waals surface area contributed by atoms with Crippen molar-refractivity contribution in [1.29, 1.82) is 0 Å². The topological polar surface area (TPSA) is 339 Å². The molecular formula is C83H113Cl2N15O12. The fraction of sp³-hybridized carbons (Fsp3) is 0.373. The first kappa shape index (κ1) is 100. The number of nitrogens with one attached hydrogen (secondary N) is 5. The predicted octanol–water partition coefficient (Wildman–Crippen LogP) is 10.1. The van der Waals surface area contributed by atoms with Crippen LogP contribution >= 0.6 is 24.8 Å². The monoisotopic (exact) mass is 1580 g/mol. The zero-order chi connectivity index (χ0) is 79.5. The molecule has 0 bridgehead atoms. The number of piperazine rings is 3. The van der Waals surface area contributed by atoms with Crippen molar-refractivity contribution in [3.63, 3.8) is 0 Å². The molecule has 11 N–H and O–H groups in total. The predicted molar refractivity (Wildman–Crippen MR) is 443 cm³/mol. The Morgan fingerprint density at radius 1 is 0.438 bits per heavy atom. The van der Waals surface area contributed by atoms with Crippen LogP contribution in [0.4, 0.5) is 33.6 Å². The van der Waals surface area contributed by atoms with Gasteiger partial charge in [0, 0.05) is 143 Å². The largest absolute Gasteiger partial charge is 0.444 e. The Bertz CT molecular complexity index is 3690. The molecule has 0 atom stereocenters. The number of amides is 9. The highest BCUT2D eigenvalue weighted by Gasteiger charge is 2.27. The van der Waals surface area contributed by atoms with Gasteiger partial charge >= 0.3 is 42.4 Å². The first-order chi connectivity index (χ1) is 52.8. The lowest BCUT2D eigenvalue weighted by Gasteiger charge is -2.33. The number of urea groups is 3. The van der Waals surface area contributed by atoms with Gasteiger partial charge in [-0.05, 0) is 94.0 Å². The highest BCUT2D eigenvalue weighted by molar-refractivity contribution is 5.86. The number of halogens is 2. The molecule has 606 valence electrons. The van der Waals surface area contributed by atoms with E-state index in [2.05, 4.69) is 78.9 Å². The maximum atomic E-state index is 12.2. The average Bonchev–Trinajstić information content (AvgIpc) is 1.47. The highest BCUT2D eigenvalue weighted by Crippen LogP contribution is 2.12. The molecule has 10 rings (SSSR count). The number of aliphatic hydroxyl groups excluding tert-OH is 2. The van der Waals surface area contributed by atoms with Gasteiger partial charge in [0.25, 0.3) is 0 Å². The second-order valence-electron chi connectivity index (χ2n) is 24.2. The van der Waals surface area contributed by atoms with E-state index in [9.17, 15) is 33.6 Å². The Kier molecular flexibility index (Phi) is 55.9. The summed E-state index contributed by atoms with van der Waals surface area (Å²) >= 11 is 0. The molecule has 5 aromatic carbocycles. The molecule has 3 saturated heterocycles. The van der Waals surface area contributed by atoms with Crippen LogP contribution in [-0.2, 0) is 53.5 Å². The van der Waals surface area contributed by atoms with Crippen molar-refractivity contribution in [2.75, 3.05) is 105 Å². The quantitative estimate of drug-likeness (QED) is 0.0406. The van der Waals surface area contributed by atoms with Crippen LogP contribution in [0.15, 0.2) is 189 Å². The summed E-state index contributed by atoms with van der Waals surface area (Å²) in [7, 11) is 0. The summed E-state index contributed by atoms with van der Waals surface area (Å²) in [6, 6.07) is 50.6. The van der Waals surface area contributed by atoms with Gasteiger partial charge in [0.05, 0.1) is 0 Å². The number of ether oxygens (including phenoxy) is 3. The maximum Gasteiger partial charge on any atom is 0.410 e. The van der Waals surface area contributed by atoms with Crippen LogP contribution in [0, 0.1) is 47.4 Å². The number of aromatic nitrogens is 3. The Labute approximate surface area is 673 Å². The third-order valence-corrected chi connectivity index (χ3v) is 15.0. The molecule has 5 heterocycles. The van der Waals surface area contributed by atoms with Crippen molar-refractivity contribution in [3.05, 3.63) is 222 Å². The number of carbonyl (C=O) groups is 7. The molecule has 27 nitrogen and oxygen atoms in total. The van der Waals surface area contributed by atoms with Crippen molar-refractivity contribution >= 4 is 67.2 Å². The Morgan fingerprint density at radius 3 is 1.02 bits per heavy atom. The number of benzene rings is 5. The van der Waals surface area contributed by atoms with Crippen LogP contribution in [0.1, 0.15) is 89.3 Å². The number of alkyl carbamates (subject to hydrolysis) is 1. The summed E-state index contributed by atoms with van der Waals surface area (Å²) in [5, 5.41) is 30.5. The molecule has 112 heavy (non-hydrogen) atoms. The van der Waals surface area contributed by atoms with Gasteiger partial charge in [-0.1, -0.05) is 177 Å². The number of nitrogens with zero attached hydrogens (tertiary/aromatic N) is 8. The SMILES string of the molecule is C.CC#CCO.CC#CCO.CC#CCOC(=O)N1CCN(C(=O)NCc2ccc(CN)cc2)CC1.CC#CCOC(=O)N1CCN(C(=O)NCc2ccc(CN)cc2)CC1.CC(C)(C)OC(=O)NCc1ccc(CNC(=O)N2CCNCC2)cc1.Cl.Cl.O=C(n1cccc1)n1ccnc1.c1ccccc1.c1ccccc1. The Hall–Kier alpha value is -11.5. The molecule has 29 heteroatoms. The van der Waals surface area contributed by atoms with E-state index in [4.69, 9.17) is 35.9 Å². The molecule has 3 fully saturated rings. The molecule has 3 aliphatic rings. The fourth-order valence-electron chi connectivity index (χ4n) is 9.19. The van der Waals surface area contributed by atoms with Crippen LogP contribution < -0.4 is 38.1 Å². The molecule has 0 unspecified atom stereocenters. The minimum absolute atomic E-state index is 0. The van der Waals surface area contributed by atoms with E-state index in [1.165, 1.54) is 15.5 Å². The standard InChI is InChI=1S/C18H28N4O3.2C18H24N4O3.C8H7N3O.2C6H6.2C4H6O.CH4.2ClH/c1-18(2,3)25-17(24)21-13-15-6-4-14(5-7-15)12-20-16(23)22-10-8-19-9-11-22;2*1-2-3-12-25-18(24)22-10-8-21(9-11-22)17(23)20-14-16-6-4-15(13-19)5-7-16;12-8(10-4-1-2-5-10)11-6-3-9-7-11;2*1-2-4-6-5-3-1;2*1-2-3-4-5;;;/h4-7,19H,8-13H2,1-3H3,(H,20,23)(H,21,24);2*4-7H,8-14,19H2,1H3,(H,20,23);1-7H;2*1-6H;2*5H,4H2,1H3;1H4;2*1H. The summed E-state index contributed by atoms with van der Waals surface area (Å²) < 4.78 is 18.2. The van der Waals surface area contributed by atoms with E-state index in [0.29, 0.717) is 91.6 Å². The van der Waals surface area contributed by atoms with Gasteiger partial charge in [-0.15, -0.1) is 48.5 Å². The third-order valence-electron chi connectivity index (χ3n) is 15.0. The molecule has 0 aliphatic carbocycles. The van der Waals surface area contributed by atoms with Crippen LogP contribution in [0.2, 0.25) is 0 Å². The summed E-state index contributed by atoms with van der Waals surface area (Å²) in [5.74, 6) is 20.6. The normalized spacial score (nSPS) is 11.8. The number of hydrogen-bond donors (Lipinski definition) is 9. The van der Waals surface area contributed by atoms with Crippen molar-refractivity contribution in [3.8, 4) is 47.4 Å². The van der Waals surface area contributed by atoms with E-state index < -0.39 is 11.7 Å². The number of nitrogens with two attached hydrogens (primary N) is 2. The molecular weight excluding hydrogens is 1470 g/mol. The second-order valence-corrected chi connectivity index (χ2v) is 24.2. The second kappa shape index (κ2) is 62.3. The van der Waals surface area contributed by atoms with Crippen LogP contribution in [0.25, 0.3) is 0 Å². The third kappa shape index (κ3) is 45.5. The summed E-state index contributed by atoms with van der Waals surface area (Å²) in [6.07, 6.45) is 6.85. The highest BCUT2D eigenvalue weighted by atomic mass is 35.5. The lowest BCUT2D eigenvalue weighted by Crippen LogP contribution is -2.53. The molecule has 0 radical (unpaired) electrons. The van der Waals surface area contributed by atoms with E-state index in [0.717, 1.165) is 59.6 Å². The van der Waals surface area contributed by atoms with Crippen molar-refractivity contribution in [2.24, 2.45) is 11.5 Å². The van der Waals surface area contributed by atoms with E-state index >= 15 is 0 Å². The Balaban J connectivity index is 0.00000135. The minimum atomic E-state index is -0.503. The van der Waals surface area contributed by atoms with Gasteiger partial charge in [-0.2, -0.15) is 0 Å². The Morgan fingerprint density at radius 2 is 0.741 bits per heavy atom. The molecule has 9 amide bonds. The number of rotatable bonds is 12. The molecule has 0 spiro atoms. The summed E-state index contributed by atoms with van der Waals surface area (Å²) in [5.41, 5.74) is 16.8. The average molecular weight is 1580 g/mol. The van der Waals surface area contributed by atoms with Gasteiger partial charge in [-0.25, -0.2) is 38.5 Å². The molecule has 2 aromatic heterocycles. The zero-order valence-corrected chi connectivity index (χ0v) is 66.1. The first-order valence-electron chi connectivity index (χ1n) is 35.5. The minimum Gasteiger partial charge on any atom is -0.444 e. The molecule has 7 aromatic rings. The summed E-state index contributed by atoms with van der Waals surface area (Å²) in [4.78, 5) is 95.4. The van der Waals surface area contributed by atoms with Gasteiger partial charge in [-0.3, -0.25) is 9.13 Å². The summed E-state index contributed by atoms with van der Waals surface area (Å²) in [6.45, 7) is 22.1. The van der Waals surface area contributed by atoms with E-state index in [1.54, 1.807) is 84.2 Å². The van der Waals surface area contributed by atoms with Crippen LogP contribution in [0.5, 0.6) is 0 Å². The fourth-order valence-corrected chi connectivity index (χ4v) is 9.19. The van der Waals surface area contributed by atoms with Crippen LogP contribution in [0.3, 0.4) is 0 Å². The first-order valence-corrected chi connectivity index (χ1v) is 35.5. The number of imidazole rings is 1. The van der Waals surface area contributed by atoms with E-state index in [-0.39, 0.29) is 95.0 Å². The van der Waals surface area contributed by atoms with Crippen molar-refractivity contribution < 1.29 is 58.0 Å². The van der Waals surface area contributed by atoms with E-state index in [1.807, 2.05) is 171 Å². The van der Waals surface area contributed by atoms with Gasteiger partial charge in [0.2, 0.25) is 0 Å². The lowest BCUT2D eigenvalue weighted by atomic mass is 10.1. The van der Waals surface area contributed by atoms with Gasteiger partial charge in [0.15, 0.2) is 13.2 Å². The van der Waals surface area contributed by atoms with Gasteiger partial charge in [0.1, 0.15) is 25.1 Å². The molecule has 3 aliphatic heterocycles.